The smallest absolute Gasteiger partial charge is 0.150 e. The molecule has 1 aromatic heterocycles. The fourth-order valence-electron chi connectivity index (χ4n) is 1.38. The molecule has 2 nitrogen and oxygen atoms in total. The van der Waals surface area contributed by atoms with Crippen LogP contribution in [0.5, 0.6) is 0 Å². The SMILES string of the molecule is N#CC(Nc1ccc(F)cc1)c1sccc1Br. The van der Waals surface area contributed by atoms with Crippen LogP contribution in [0.4, 0.5) is 10.1 Å². The minimum atomic E-state index is -0.435. The van der Waals surface area contributed by atoms with Gasteiger partial charge in [0.05, 0.1) is 10.9 Å². The largest absolute Gasteiger partial charge is 0.366 e. The first-order valence-corrected chi connectivity index (χ1v) is 6.52. The number of hydrogen-bond acceptors (Lipinski definition) is 3. The van der Waals surface area contributed by atoms with E-state index in [0.717, 1.165) is 15.0 Å². The summed E-state index contributed by atoms with van der Waals surface area (Å²) in [5.74, 6) is -0.290. The van der Waals surface area contributed by atoms with Crippen molar-refractivity contribution in [2.45, 2.75) is 6.04 Å². The second kappa shape index (κ2) is 5.30. The van der Waals surface area contributed by atoms with Crippen LogP contribution >= 0.6 is 27.3 Å². The molecule has 0 radical (unpaired) electrons. The lowest BCUT2D eigenvalue weighted by atomic mass is 10.2. The van der Waals surface area contributed by atoms with Crippen LogP contribution in [0, 0.1) is 17.1 Å². The van der Waals surface area contributed by atoms with E-state index in [1.54, 1.807) is 12.1 Å². The summed E-state index contributed by atoms with van der Waals surface area (Å²) in [6, 6.07) is 9.60. The zero-order chi connectivity index (χ0) is 12.3. The maximum absolute atomic E-state index is 12.7. The van der Waals surface area contributed by atoms with Crippen LogP contribution < -0.4 is 5.32 Å². The van der Waals surface area contributed by atoms with E-state index in [0.29, 0.717) is 0 Å². The van der Waals surface area contributed by atoms with Gasteiger partial charge >= 0.3 is 0 Å². The molecule has 0 amide bonds. The number of nitrogens with zero attached hydrogens (tertiary/aromatic N) is 1. The average molecular weight is 311 g/mol. The van der Waals surface area contributed by atoms with Gasteiger partial charge < -0.3 is 5.32 Å². The highest BCUT2D eigenvalue weighted by Gasteiger charge is 2.14. The Kier molecular flexibility index (Phi) is 3.77. The molecule has 0 spiro atoms. The molecule has 2 aromatic rings. The number of anilines is 1. The summed E-state index contributed by atoms with van der Waals surface area (Å²) >= 11 is 4.89. The molecule has 0 fully saturated rings. The molecule has 1 heterocycles. The molecule has 0 aliphatic heterocycles. The van der Waals surface area contributed by atoms with E-state index in [1.165, 1.54) is 23.5 Å². The molecule has 2 rings (SSSR count). The van der Waals surface area contributed by atoms with Gasteiger partial charge in [-0.05, 0) is 51.6 Å². The first kappa shape index (κ1) is 12.1. The topological polar surface area (TPSA) is 35.8 Å². The summed E-state index contributed by atoms with van der Waals surface area (Å²) in [5.41, 5.74) is 0.721. The van der Waals surface area contributed by atoms with Gasteiger partial charge in [0, 0.05) is 10.2 Å². The van der Waals surface area contributed by atoms with Crippen molar-refractivity contribution < 1.29 is 4.39 Å². The van der Waals surface area contributed by atoms with Crippen LogP contribution in [0.3, 0.4) is 0 Å². The number of nitrogens with one attached hydrogen (secondary N) is 1. The lowest BCUT2D eigenvalue weighted by molar-refractivity contribution is 0.628. The van der Waals surface area contributed by atoms with Crippen molar-refractivity contribution in [2.24, 2.45) is 0 Å². The molecular formula is C12H8BrFN2S. The third-order valence-electron chi connectivity index (χ3n) is 2.19. The second-order valence-electron chi connectivity index (χ2n) is 3.35. The molecule has 5 heteroatoms. The highest BCUT2D eigenvalue weighted by molar-refractivity contribution is 9.10. The minimum absolute atomic E-state index is 0.290. The third-order valence-corrected chi connectivity index (χ3v) is 4.13. The fraction of sp³-hybridized carbons (Fsp3) is 0.0833. The first-order chi connectivity index (χ1) is 8.20. The lowest BCUT2D eigenvalue weighted by Crippen LogP contribution is -2.07. The quantitative estimate of drug-likeness (QED) is 0.916. The summed E-state index contributed by atoms with van der Waals surface area (Å²) in [7, 11) is 0. The number of benzene rings is 1. The van der Waals surface area contributed by atoms with Gasteiger partial charge in [0.1, 0.15) is 5.82 Å². The molecule has 1 unspecified atom stereocenters. The van der Waals surface area contributed by atoms with Crippen LogP contribution in [-0.4, -0.2) is 0 Å². The third kappa shape index (κ3) is 2.84. The monoisotopic (exact) mass is 310 g/mol. The molecule has 0 aliphatic carbocycles. The molecule has 86 valence electrons. The summed E-state index contributed by atoms with van der Waals surface area (Å²) in [5, 5.41) is 14.1. The van der Waals surface area contributed by atoms with Crippen molar-refractivity contribution in [1.29, 1.82) is 5.26 Å². The van der Waals surface area contributed by atoms with E-state index >= 15 is 0 Å². The summed E-state index contributed by atoms with van der Waals surface area (Å²) in [4.78, 5) is 0.914. The Bertz CT molecular complexity index is 544. The zero-order valence-electron chi connectivity index (χ0n) is 8.65. The highest BCUT2D eigenvalue weighted by Crippen LogP contribution is 2.30. The molecule has 0 saturated heterocycles. The van der Waals surface area contributed by atoms with E-state index in [1.807, 2.05) is 11.4 Å². The summed E-state index contributed by atoms with van der Waals surface area (Å²) in [6.07, 6.45) is 0. The van der Waals surface area contributed by atoms with Crippen molar-refractivity contribution in [3.63, 3.8) is 0 Å². The molecule has 0 bridgehead atoms. The number of hydrogen-bond donors (Lipinski definition) is 1. The van der Waals surface area contributed by atoms with Crippen LogP contribution in [0.15, 0.2) is 40.2 Å². The Morgan fingerprint density at radius 3 is 2.53 bits per heavy atom. The van der Waals surface area contributed by atoms with Gasteiger partial charge in [0.2, 0.25) is 0 Å². The number of rotatable bonds is 3. The molecule has 1 aromatic carbocycles. The number of nitriles is 1. The van der Waals surface area contributed by atoms with Crippen LogP contribution in [0.25, 0.3) is 0 Å². The summed E-state index contributed by atoms with van der Waals surface area (Å²) < 4.78 is 13.7. The molecule has 17 heavy (non-hydrogen) atoms. The van der Waals surface area contributed by atoms with Gasteiger partial charge in [-0.15, -0.1) is 11.3 Å². The molecule has 0 saturated carbocycles. The van der Waals surface area contributed by atoms with E-state index < -0.39 is 6.04 Å². The van der Waals surface area contributed by atoms with E-state index in [2.05, 4.69) is 27.3 Å². The standard InChI is InChI=1S/C12H8BrFN2S/c13-10-5-6-17-12(10)11(7-15)16-9-3-1-8(14)2-4-9/h1-6,11,16H. The Labute approximate surface area is 111 Å². The van der Waals surface area contributed by atoms with Crippen molar-refractivity contribution in [1.82, 2.24) is 0 Å². The maximum Gasteiger partial charge on any atom is 0.150 e. The molecule has 1 N–H and O–H groups in total. The van der Waals surface area contributed by atoms with E-state index in [-0.39, 0.29) is 5.82 Å². The second-order valence-corrected chi connectivity index (χ2v) is 5.15. The van der Waals surface area contributed by atoms with Gasteiger partial charge in [-0.3, -0.25) is 0 Å². The van der Waals surface area contributed by atoms with E-state index in [9.17, 15) is 4.39 Å². The van der Waals surface area contributed by atoms with Gasteiger partial charge in [0.15, 0.2) is 6.04 Å². The van der Waals surface area contributed by atoms with Gasteiger partial charge in [-0.1, -0.05) is 0 Å². The average Bonchev–Trinajstić information content (AvgIpc) is 2.75. The van der Waals surface area contributed by atoms with Crippen molar-refractivity contribution in [3.8, 4) is 6.07 Å². The molecule has 0 aliphatic rings. The Hall–Kier alpha value is -1.38. The van der Waals surface area contributed by atoms with Crippen LogP contribution in [0.2, 0.25) is 0 Å². The highest BCUT2D eigenvalue weighted by atomic mass is 79.9. The Morgan fingerprint density at radius 2 is 2.00 bits per heavy atom. The minimum Gasteiger partial charge on any atom is -0.366 e. The normalized spacial score (nSPS) is 11.8. The van der Waals surface area contributed by atoms with E-state index in [4.69, 9.17) is 5.26 Å². The lowest BCUT2D eigenvalue weighted by Gasteiger charge is -2.11. The molecular weight excluding hydrogens is 303 g/mol. The van der Waals surface area contributed by atoms with Crippen LogP contribution in [-0.2, 0) is 0 Å². The Balaban J connectivity index is 2.19. The zero-order valence-corrected chi connectivity index (χ0v) is 11.1. The first-order valence-electron chi connectivity index (χ1n) is 4.85. The molecule has 1 atom stereocenters. The van der Waals surface area contributed by atoms with Crippen molar-refractivity contribution in [2.75, 3.05) is 5.32 Å². The number of halogens is 2. The summed E-state index contributed by atoms with van der Waals surface area (Å²) in [6.45, 7) is 0. The number of thiophene rings is 1. The maximum atomic E-state index is 12.7. The predicted octanol–water partition coefficient (Wildman–Crippen LogP) is 4.33. The van der Waals surface area contributed by atoms with Gasteiger partial charge in [-0.2, -0.15) is 5.26 Å². The fourth-order valence-corrected chi connectivity index (χ4v) is 2.98. The van der Waals surface area contributed by atoms with Crippen LogP contribution in [0.1, 0.15) is 10.9 Å². The van der Waals surface area contributed by atoms with Gasteiger partial charge in [0.25, 0.3) is 0 Å². The Morgan fingerprint density at radius 1 is 1.29 bits per heavy atom. The van der Waals surface area contributed by atoms with Crippen molar-refractivity contribution in [3.05, 3.63) is 50.9 Å². The van der Waals surface area contributed by atoms with Crippen molar-refractivity contribution >= 4 is 33.0 Å². The predicted molar refractivity (Wildman–Crippen MR) is 70.4 cm³/mol. The van der Waals surface area contributed by atoms with Gasteiger partial charge in [-0.25, -0.2) is 4.39 Å².